The number of carbonyl (C=O) groups is 1. The van der Waals surface area contributed by atoms with Gasteiger partial charge in [0.05, 0.1) is 0 Å². The summed E-state index contributed by atoms with van der Waals surface area (Å²) in [7, 11) is 0. The number of carbonyl (C=O) groups excluding carboxylic acids is 1. The van der Waals surface area contributed by atoms with E-state index in [9.17, 15) is 4.79 Å². The molecule has 0 rings (SSSR count). The smallest absolute Gasteiger partial charge is 0.417 e. The average Bonchev–Trinajstić information content (AvgIpc) is 1.94. The van der Waals surface area contributed by atoms with E-state index in [0.29, 0.717) is 0 Å². The van der Waals surface area contributed by atoms with Crippen LogP contribution in [0.25, 0.3) is 0 Å². The number of rotatable bonds is 4. The predicted octanol–water partition coefficient (Wildman–Crippen LogP) is 2.96. The van der Waals surface area contributed by atoms with Crippen LogP contribution in [-0.2, 0) is 4.74 Å². The van der Waals surface area contributed by atoms with E-state index in [2.05, 4.69) is 11.6 Å². The highest BCUT2D eigenvalue weighted by molar-refractivity contribution is 7.97. The molecule has 0 fully saturated rings. The first-order chi connectivity index (χ1) is 5.95. The molecule has 0 aromatic carbocycles. The molecule has 0 aromatic heterocycles. The lowest BCUT2D eigenvalue weighted by Crippen LogP contribution is -2.29. The number of hydrogen-bond acceptors (Lipinski definition) is 3. The maximum absolute atomic E-state index is 11.1. The van der Waals surface area contributed by atoms with Crippen molar-refractivity contribution in [3.63, 3.8) is 0 Å². The Labute approximate surface area is 84.7 Å². The molecule has 0 atom stereocenters. The minimum Gasteiger partial charge on any atom is -0.443 e. The molecule has 0 unspecified atom stereocenters. The van der Waals surface area contributed by atoms with E-state index in [1.54, 1.807) is 0 Å². The Balaban J connectivity index is 3.41. The predicted molar refractivity (Wildman–Crippen MR) is 56.7 cm³/mol. The highest BCUT2D eigenvalue weighted by atomic mass is 32.2. The molecule has 4 heteroatoms. The van der Waals surface area contributed by atoms with E-state index in [-0.39, 0.29) is 6.09 Å². The van der Waals surface area contributed by atoms with Gasteiger partial charge in [-0.1, -0.05) is 13.3 Å². The summed E-state index contributed by atoms with van der Waals surface area (Å²) in [5, 5.41) is 0. The van der Waals surface area contributed by atoms with E-state index >= 15 is 0 Å². The van der Waals surface area contributed by atoms with Crippen LogP contribution in [0.15, 0.2) is 0 Å². The zero-order chi connectivity index (χ0) is 10.3. The van der Waals surface area contributed by atoms with Crippen molar-refractivity contribution in [3.05, 3.63) is 0 Å². The Morgan fingerprint density at radius 1 is 1.46 bits per heavy atom. The lowest BCUT2D eigenvalue weighted by molar-refractivity contribution is 0.0574. The third-order valence-electron chi connectivity index (χ3n) is 1.15. The third kappa shape index (κ3) is 9.53. The van der Waals surface area contributed by atoms with Gasteiger partial charge in [0.1, 0.15) is 5.60 Å². The lowest BCUT2D eigenvalue weighted by atomic mass is 10.2. The van der Waals surface area contributed by atoms with Crippen molar-refractivity contribution >= 4 is 18.0 Å². The topological polar surface area (TPSA) is 38.3 Å². The first kappa shape index (κ1) is 12.6. The summed E-state index contributed by atoms with van der Waals surface area (Å²) in [4.78, 5) is 11.1. The Bertz CT molecular complexity index is 154. The second kappa shape index (κ2) is 6.13. The molecule has 1 N–H and O–H groups in total. The molecule has 0 spiro atoms. The number of amides is 1. The fourth-order valence-electron chi connectivity index (χ4n) is 0.625. The number of hydrogen-bond donors (Lipinski definition) is 1. The van der Waals surface area contributed by atoms with Crippen molar-refractivity contribution in [2.45, 2.75) is 46.1 Å². The maximum Gasteiger partial charge on any atom is 0.417 e. The SMILES string of the molecule is CCCCSNC(=O)OC(C)(C)C. The molecule has 0 saturated heterocycles. The van der Waals surface area contributed by atoms with Gasteiger partial charge in [0.25, 0.3) is 0 Å². The maximum atomic E-state index is 11.1. The van der Waals surface area contributed by atoms with E-state index < -0.39 is 5.60 Å². The van der Waals surface area contributed by atoms with Gasteiger partial charge in [-0.3, -0.25) is 4.72 Å². The highest BCUT2D eigenvalue weighted by Crippen LogP contribution is 2.08. The van der Waals surface area contributed by atoms with Gasteiger partial charge in [0.2, 0.25) is 0 Å². The Hall–Kier alpha value is -0.380. The van der Waals surface area contributed by atoms with Crippen LogP contribution in [0, 0.1) is 0 Å². The molecular weight excluding hydrogens is 186 g/mol. The minimum absolute atomic E-state index is 0.353. The van der Waals surface area contributed by atoms with Crippen LogP contribution >= 0.6 is 11.9 Å². The zero-order valence-corrected chi connectivity index (χ0v) is 9.66. The van der Waals surface area contributed by atoms with Crippen LogP contribution in [0.1, 0.15) is 40.5 Å². The van der Waals surface area contributed by atoms with Crippen molar-refractivity contribution in [3.8, 4) is 0 Å². The van der Waals surface area contributed by atoms with Crippen LogP contribution in [0.5, 0.6) is 0 Å². The van der Waals surface area contributed by atoms with Gasteiger partial charge in [0.15, 0.2) is 0 Å². The van der Waals surface area contributed by atoms with Gasteiger partial charge in [-0.05, 0) is 39.1 Å². The number of unbranched alkanes of at least 4 members (excludes halogenated alkanes) is 1. The molecule has 1 amide bonds. The van der Waals surface area contributed by atoms with Crippen LogP contribution < -0.4 is 4.72 Å². The summed E-state index contributed by atoms with van der Waals surface area (Å²) >= 11 is 1.40. The van der Waals surface area contributed by atoms with E-state index in [1.807, 2.05) is 20.8 Å². The third-order valence-corrected chi connectivity index (χ3v) is 1.96. The van der Waals surface area contributed by atoms with Crippen molar-refractivity contribution in [2.24, 2.45) is 0 Å². The van der Waals surface area contributed by atoms with E-state index in [4.69, 9.17) is 4.74 Å². The molecule has 0 aromatic rings. The molecule has 0 aliphatic rings. The summed E-state index contributed by atoms with van der Waals surface area (Å²) < 4.78 is 7.68. The van der Waals surface area contributed by atoms with Gasteiger partial charge in [-0.25, -0.2) is 4.79 Å². The monoisotopic (exact) mass is 205 g/mol. The summed E-state index contributed by atoms with van der Waals surface area (Å²) in [6.45, 7) is 7.67. The average molecular weight is 205 g/mol. The van der Waals surface area contributed by atoms with Gasteiger partial charge < -0.3 is 4.74 Å². The number of nitrogens with one attached hydrogen (secondary N) is 1. The molecule has 0 heterocycles. The fourth-order valence-corrected chi connectivity index (χ4v) is 1.32. The molecule has 78 valence electrons. The van der Waals surface area contributed by atoms with Crippen molar-refractivity contribution < 1.29 is 9.53 Å². The standard InChI is InChI=1S/C9H19NO2S/c1-5-6-7-13-10-8(11)12-9(2,3)4/h5-7H2,1-4H3,(H,10,11). The quantitative estimate of drug-likeness (QED) is 0.566. The molecule has 0 aliphatic carbocycles. The van der Waals surface area contributed by atoms with E-state index in [1.165, 1.54) is 11.9 Å². The Morgan fingerprint density at radius 2 is 2.08 bits per heavy atom. The summed E-state index contributed by atoms with van der Waals surface area (Å²) in [6, 6.07) is 0. The van der Waals surface area contributed by atoms with Crippen molar-refractivity contribution in [1.29, 1.82) is 0 Å². The van der Waals surface area contributed by atoms with Crippen LogP contribution in [0.4, 0.5) is 4.79 Å². The van der Waals surface area contributed by atoms with Gasteiger partial charge in [0, 0.05) is 5.75 Å². The Morgan fingerprint density at radius 3 is 2.54 bits per heavy atom. The molecule has 0 saturated carbocycles. The fraction of sp³-hybridized carbons (Fsp3) is 0.889. The van der Waals surface area contributed by atoms with Crippen LogP contribution in [0.2, 0.25) is 0 Å². The van der Waals surface area contributed by atoms with E-state index in [0.717, 1.165) is 18.6 Å². The first-order valence-corrected chi connectivity index (χ1v) is 5.55. The van der Waals surface area contributed by atoms with Gasteiger partial charge >= 0.3 is 6.09 Å². The molecular formula is C9H19NO2S. The lowest BCUT2D eigenvalue weighted by Gasteiger charge is -2.19. The normalized spacial score (nSPS) is 11.1. The molecule has 0 aliphatic heterocycles. The zero-order valence-electron chi connectivity index (χ0n) is 8.85. The molecule has 0 bridgehead atoms. The second-order valence-electron chi connectivity index (χ2n) is 3.81. The summed E-state index contributed by atoms with van der Waals surface area (Å²) in [6.07, 6.45) is 1.90. The molecule has 0 radical (unpaired) electrons. The Kier molecular flexibility index (Phi) is 5.95. The van der Waals surface area contributed by atoms with Crippen molar-refractivity contribution in [2.75, 3.05) is 5.75 Å². The van der Waals surface area contributed by atoms with Crippen LogP contribution in [0.3, 0.4) is 0 Å². The summed E-state index contributed by atoms with van der Waals surface area (Å²) in [5.41, 5.74) is -0.407. The minimum atomic E-state index is -0.407. The molecule has 3 nitrogen and oxygen atoms in total. The largest absolute Gasteiger partial charge is 0.443 e. The first-order valence-electron chi connectivity index (χ1n) is 4.56. The van der Waals surface area contributed by atoms with Crippen molar-refractivity contribution in [1.82, 2.24) is 4.72 Å². The number of ether oxygens (including phenoxy) is 1. The second-order valence-corrected chi connectivity index (χ2v) is 4.71. The van der Waals surface area contributed by atoms with Gasteiger partial charge in [-0.15, -0.1) is 0 Å². The highest BCUT2D eigenvalue weighted by Gasteiger charge is 2.15. The summed E-state index contributed by atoms with van der Waals surface area (Å²) in [5.74, 6) is 0.940. The van der Waals surface area contributed by atoms with Crippen LogP contribution in [-0.4, -0.2) is 17.4 Å². The molecule has 13 heavy (non-hydrogen) atoms. The van der Waals surface area contributed by atoms with Gasteiger partial charge in [-0.2, -0.15) is 0 Å².